The maximum absolute atomic E-state index is 12.4. The van der Waals surface area contributed by atoms with E-state index in [1.54, 1.807) is 43.0 Å². The predicted octanol–water partition coefficient (Wildman–Crippen LogP) is 3.51. The third-order valence-electron chi connectivity index (χ3n) is 3.91. The molecule has 0 atom stereocenters. The number of benzene rings is 2. The van der Waals surface area contributed by atoms with Crippen molar-refractivity contribution in [3.05, 3.63) is 63.3 Å². The Hall–Kier alpha value is -2.86. The van der Waals surface area contributed by atoms with Crippen molar-refractivity contribution in [2.24, 2.45) is 7.05 Å². The summed E-state index contributed by atoms with van der Waals surface area (Å²) in [5.41, 5.74) is 2.26. The molecule has 0 spiro atoms. The van der Waals surface area contributed by atoms with Gasteiger partial charge in [-0.3, -0.25) is 9.59 Å². The molecule has 2 aromatic carbocycles. The van der Waals surface area contributed by atoms with Crippen LogP contribution in [0.25, 0.3) is 16.3 Å². The van der Waals surface area contributed by atoms with Crippen molar-refractivity contribution in [3.8, 4) is 11.5 Å². The topological polar surface area (TPSA) is 57.5 Å². The van der Waals surface area contributed by atoms with Gasteiger partial charge in [-0.1, -0.05) is 23.5 Å². The van der Waals surface area contributed by atoms with Crippen molar-refractivity contribution < 1.29 is 14.3 Å². The van der Waals surface area contributed by atoms with Crippen molar-refractivity contribution >= 4 is 33.4 Å². The fourth-order valence-corrected chi connectivity index (χ4v) is 3.44. The number of methoxy groups -OCH3 is 2. The van der Waals surface area contributed by atoms with Gasteiger partial charge in [0.05, 0.1) is 24.4 Å². The number of allylic oxidation sites excluding steroid dienone is 1. The summed E-state index contributed by atoms with van der Waals surface area (Å²) in [6.07, 6.45) is 3.25. The van der Waals surface area contributed by atoms with Crippen molar-refractivity contribution in [1.82, 2.24) is 4.57 Å². The molecule has 5 nitrogen and oxygen atoms in total. The molecule has 3 rings (SSSR count). The van der Waals surface area contributed by atoms with Crippen molar-refractivity contribution in [3.63, 3.8) is 0 Å². The summed E-state index contributed by atoms with van der Waals surface area (Å²) in [4.78, 5) is 24.1. The molecule has 3 aromatic rings. The lowest BCUT2D eigenvalue weighted by molar-refractivity contribution is 0.104. The molecule has 0 aliphatic carbocycles. The second-order valence-corrected chi connectivity index (χ2v) is 6.41. The number of rotatable bonds is 5. The molecule has 0 fully saturated rings. The highest BCUT2D eigenvalue weighted by Gasteiger charge is 2.09. The Balaban J connectivity index is 1.86. The van der Waals surface area contributed by atoms with Gasteiger partial charge < -0.3 is 14.0 Å². The number of nitrogens with zero attached hydrogens (tertiary/aromatic N) is 1. The van der Waals surface area contributed by atoms with Gasteiger partial charge in [-0.25, -0.2) is 0 Å². The second kappa shape index (κ2) is 6.94. The van der Waals surface area contributed by atoms with Crippen LogP contribution in [0.3, 0.4) is 0 Å². The highest BCUT2D eigenvalue weighted by Crippen LogP contribution is 2.28. The molecule has 128 valence electrons. The average molecular weight is 355 g/mol. The summed E-state index contributed by atoms with van der Waals surface area (Å²) < 4.78 is 12.9. The average Bonchev–Trinajstić information content (AvgIpc) is 2.92. The molecule has 0 aliphatic rings. The van der Waals surface area contributed by atoms with Gasteiger partial charge in [0.25, 0.3) is 0 Å². The first-order valence-corrected chi connectivity index (χ1v) is 8.39. The number of hydrogen-bond donors (Lipinski definition) is 0. The van der Waals surface area contributed by atoms with Gasteiger partial charge in [-0.15, -0.1) is 0 Å². The van der Waals surface area contributed by atoms with Gasteiger partial charge in [0, 0.05) is 12.6 Å². The SMILES string of the molecule is COc1ccc(C(=O)/C=C/c2ccc3c(c2)sc(=O)n3C)cc1OC. The quantitative estimate of drug-likeness (QED) is 0.519. The summed E-state index contributed by atoms with van der Waals surface area (Å²) in [6.45, 7) is 0. The van der Waals surface area contributed by atoms with Crippen LogP contribution in [0.2, 0.25) is 0 Å². The number of carbonyl (C=O) groups is 1. The molecule has 25 heavy (non-hydrogen) atoms. The molecule has 0 amide bonds. The lowest BCUT2D eigenvalue weighted by Gasteiger charge is -2.08. The minimum atomic E-state index is -0.137. The Labute approximate surface area is 148 Å². The van der Waals surface area contributed by atoms with Crippen LogP contribution < -0.4 is 14.3 Å². The minimum absolute atomic E-state index is 0.00228. The number of ketones is 1. The van der Waals surface area contributed by atoms with E-state index in [1.165, 1.54) is 24.5 Å². The van der Waals surface area contributed by atoms with Gasteiger partial charge in [0.2, 0.25) is 0 Å². The molecule has 6 heteroatoms. The zero-order valence-corrected chi connectivity index (χ0v) is 14.9. The normalized spacial score (nSPS) is 11.2. The largest absolute Gasteiger partial charge is 0.493 e. The van der Waals surface area contributed by atoms with E-state index in [9.17, 15) is 9.59 Å². The van der Waals surface area contributed by atoms with Crippen LogP contribution in [0.1, 0.15) is 15.9 Å². The number of hydrogen-bond acceptors (Lipinski definition) is 5. The molecular formula is C19H17NO4S. The van der Waals surface area contributed by atoms with Gasteiger partial charge >= 0.3 is 4.87 Å². The number of aromatic nitrogens is 1. The molecule has 1 aromatic heterocycles. The first-order valence-electron chi connectivity index (χ1n) is 7.57. The van der Waals surface area contributed by atoms with Crippen molar-refractivity contribution in [2.45, 2.75) is 0 Å². The zero-order valence-electron chi connectivity index (χ0n) is 14.1. The van der Waals surface area contributed by atoms with Gasteiger partial charge in [-0.05, 0) is 42.0 Å². The van der Waals surface area contributed by atoms with Gasteiger partial charge in [0.1, 0.15) is 0 Å². The first kappa shape index (κ1) is 17.0. The molecule has 0 aliphatic heterocycles. The van der Waals surface area contributed by atoms with Crippen LogP contribution in [-0.2, 0) is 7.05 Å². The summed E-state index contributed by atoms with van der Waals surface area (Å²) in [7, 11) is 4.83. The molecule has 0 radical (unpaired) electrons. The van der Waals surface area contributed by atoms with Gasteiger partial charge in [0.15, 0.2) is 17.3 Å². The number of ether oxygens (including phenoxy) is 2. The Morgan fingerprint density at radius 2 is 1.84 bits per heavy atom. The van der Waals surface area contributed by atoms with E-state index in [2.05, 4.69) is 0 Å². The fourth-order valence-electron chi connectivity index (χ4n) is 2.51. The summed E-state index contributed by atoms with van der Waals surface area (Å²) in [5, 5.41) is 0. The Morgan fingerprint density at radius 1 is 1.08 bits per heavy atom. The van der Waals surface area contributed by atoms with Crippen LogP contribution in [0.4, 0.5) is 0 Å². The van der Waals surface area contributed by atoms with Crippen LogP contribution >= 0.6 is 11.3 Å². The maximum Gasteiger partial charge on any atom is 0.307 e. The number of carbonyl (C=O) groups excluding carboxylic acids is 1. The second-order valence-electron chi connectivity index (χ2n) is 5.42. The fraction of sp³-hybridized carbons (Fsp3) is 0.158. The predicted molar refractivity (Wildman–Crippen MR) is 100.0 cm³/mol. The van der Waals surface area contributed by atoms with E-state index in [1.807, 2.05) is 18.2 Å². The first-order chi connectivity index (χ1) is 12.0. The van der Waals surface area contributed by atoms with Crippen LogP contribution in [0.15, 0.2) is 47.3 Å². The number of aryl methyl sites for hydroxylation is 1. The molecule has 0 unspecified atom stereocenters. The lowest BCUT2D eigenvalue weighted by Crippen LogP contribution is -2.06. The Kier molecular flexibility index (Phi) is 4.72. The maximum atomic E-state index is 12.4. The summed E-state index contributed by atoms with van der Waals surface area (Å²) in [6, 6.07) is 10.7. The van der Waals surface area contributed by atoms with Gasteiger partial charge in [-0.2, -0.15) is 0 Å². The number of thiazole rings is 1. The van der Waals surface area contributed by atoms with E-state index in [0.29, 0.717) is 17.1 Å². The smallest absolute Gasteiger partial charge is 0.307 e. The monoisotopic (exact) mass is 355 g/mol. The molecular weight excluding hydrogens is 338 g/mol. The highest BCUT2D eigenvalue weighted by molar-refractivity contribution is 7.16. The number of fused-ring (bicyclic) bond motifs is 1. The van der Waals surface area contributed by atoms with Crippen LogP contribution in [0.5, 0.6) is 11.5 Å². The van der Waals surface area contributed by atoms with E-state index in [-0.39, 0.29) is 10.7 Å². The molecule has 0 N–H and O–H groups in total. The highest BCUT2D eigenvalue weighted by atomic mass is 32.1. The molecule has 0 bridgehead atoms. The van der Waals surface area contributed by atoms with Crippen molar-refractivity contribution in [2.75, 3.05) is 14.2 Å². The Bertz CT molecular complexity index is 1030. The molecule has 1 heterocycles. The molecule has 0 saturated heterocycles. The van der Waals surface area contributed by atoms with Crippen molar-refractivity contribution in [1.29, 1.82) is 0 Å². The lowest BCUT2D eigenvalue weighted by atomic mass is 10.1. The van der Waals surface area contributed by atoms with E-state index < -0.39 is 0 Å². The third-order valence-corrected chi connectivity index (χ3v) is 4.91. The van der Waals surface area contributed by atoms with E-state index in [0.717, 1.165) is 15.8 Å². The van der Waals surface area contributed by atoms with E-state index in [4.69, 9.17) is 9.47 Å². The minimum Gasteiger partial charge on any atom is -0.493 e. The summed E-state index contributed by atoms with van der Waals surface area (Å²) in [5.74, 6) is 0.951. The van der Waals surface area contributed by atoms with Crippen LogP contribution in [-0.4, -0.2) is 24.6 Å². The third kappa shape index (κ3) is 3.34. The molecule has 0 saturated carbocycles. The Morgan fingerprint density at radius 3 is 2.56 bits per heavy atom. The summed E-state index contributed by atoms with van der Waals surface area (Å²) >= 11 is 1.19. The zero-order chi connectivity index (χ0) is 18.0. The van der Waals surface area contributed by atoms with E-state index >= 15 is 0 Å². The van der Waals surface area contributed by atoms with Crippen LogP contribution in [0, 0.1) is 0 Å². The standard InChI is InChI=1S/C19H17NO4S/c1-20-14-7-4-12(10-18(14)25-19(20)22)5-8-15(21)13-6-9-16(23-2)17(11-13)24-3/h4-11H,1-3H3/b8-5+.